The van der Waals surface area contributed by atoms with Gasteiger partial charge in [-0.3, -0.25) is 4.79 Å². The molecule has 2 aromatic carbocycles. The average Bonchev–Trinajstić information content (AvgIpc) is 3.45. The van der Waals surface area contributed by atoms with E-state index in [9.17, 15) is 17.6 Å². The molecule has 0 unspecified atom stereocenters. The van der Waals surface area contributed by atoms with Crippen LogP contribution in [0.15, 0.2) is 65.8 Å². The van der Waals surface area contributed by atoms with E-state index in [-0.39, 0.29) is 16.6 Å². The lowest BCUT2D eigenvalue weighted by molar-refractivity contribution is 0.0746. The Balaban J connectivity index is 1.22. The zero-order valence-electron chi connectivity index (χ0n) is 19.2. The lowest BCUT2D eigenvalue weighted by atomic mass is 10.1. The number of rotatable bonds is 5. The predicted octanol–water partition coefficient (Wildman–Crippen LogP) is 3.03. The molecule has 3 heterocycles. The number of carbonyl (C=O) groups excluding carboxylic acids is 1. The van der Waals surface area contributed by atoms with Gasteiger partial charge in [-0.2, -0.15) is 4.31 Å². The first kappa shape index (κ1) is 23.4. The van der Waals surface area contributed by atoms with Crippen molar-refractivity contribution in [3.05, 3.63) is 72.3 Å². The number of benzene rings is 2. The predicted molar refractivity (Wildman–Crippen MR) is 130 cm³/mol. The first-order valence-electron chi connectivity index (χ1n) is 11.6. The van der Waals surface area contributed by atoms with E-state index in [0.717, 1.165) is 24.2 Å². The Labute approximate surface area is 204 Å². The van der Waals surface area contributed by atoms with Crippen LogP contribution in [0, 0.1) is 5.82 Å². The minimum atomic E-state index is -3.50. The molecule has 0 spiro atoms. The number of piperazine rings is 1. The van der Waals surface area contributed by atoms with E-state index in [1.54, 1.807) is 29.2 Å². The summed E-state index contributed by atoms with van der Waals surface area (Å²) in [6, 6.07) is 14.3. The van der Waals surface area contributed by atoms with Gasteiger partial charge in [-0.05, 0) is 61.4 Å². The monoisotopic (exact) mass is 495 g/mol. The summed E-state index contributed by atoms with van der Waals surface area (Å²) in [7, 11) is -3.50. The van der Waals surface area contributed by atoms with E-state index in [4.69, 9.17) is 0 Å². The van der Waals surface area contributed by atoms with Crippen molar-refractivity contribution >= 4 is 21.7 Å². The van der Waals surface area contributed by atoms with Crippen molar-refractivity contribution in [2.24, 2.45) is 0 Å². The van der Waals surface area contributed by atoms with Crippen molar-refractivity contribution in [2.75, 3.05) is 44.2 Å². The fraction of sp³-hybridized carbons (Fsp3) is 0.320. The van der Waals surface area contributed by atoms with Crippen LogP contribution in [0.5, 0.6) is 0 Å². The zero-order valence-corrected chi connectivity index (χ0v) is 20.0. The number of amides is 1. The van der Waals surface area contributed by atoms with Crippen molar-refractivity contribution in [3.8, 4) is 11.3 Å². The maximum Gasteiger partial charge on any atom is 0.253 e. The molecule has 1 aromatic heterocycles. The van der Waals surface area contributed by atoms with Gasteiger partial charge in [0.1, 0.15) is 18.0 Å². The van der Waals surface area contributed by atoms with Crippen LogP contribution in [-0.2, 0) is 10.0 Å². The Kier molecular flexibility index (Phi) is 6.48. The van der Waals surface area contributed by atoms with Crippen molar-refractivity contribution in [2.45, 2.75) is 17.7 Å². The van der Waals surface area contributed by atoms with Gasteiger partial charge in [0.2, 0.25) is 10.0 Å². The molecule has 2 aliphatic rings. The van der Waals surface area contributed by atoms with Crippen LogP contribution in [0.4, 0.5) is 10.2 Å². The molecule has 1 amide bonds. The molecule has 10 heteroatoms. The number of hydrogen-bond acceptors (Lipinski definition) is 6. The first-order valence-corrected chi connectivity index (χ1v) is 13.1. The molecule has 0 N–H and O–H groups in total. The number of carbonyl (C=O) groups is 1. The maximum atomic E-state index is 13.2. The molecular weight excluding hydrogens is 469 g/mol. The van der Waals surface area contributed by atoms with Gasteiger partial charge in [-0.1, -0.05) is 0 Å². The summed E-state index contributed by atoms with van der Waals surface area (Å²) in [5, 5.41) is 0. The minimum Gasteiger partial charge on any atom is -0.353 e. The van der Waals surface area contributed by atoms with Gasteiger partial charge in [-0.25, -0.2) is 22.8 Å². The van der Waals surface area contributed by atoms with Gasteiger partial charge in [0.15, 0.2) is 0 Å². The Hall–Kier alpha value is -3.37. The SMILES string of the molecule is O=C(c1ccc(S(=O)(=O)N2CCCC2)cc1)N1CCN(c2cc(-c3ccc(F)cc3)ncn2)CC1. The van der Waals surface area contributed by atoms with Crippen LogP contribution in [-0.4, -0.2) is 72.8 Å². The molecular formula is C25H26FN5O3S. The third kappa shape index (κ3) is 4.89. The number of anilines is 1. The Morgan fingerprint density at radius 1 is 0.829 bits per heavy atom. The van der Waals surface area contributed by atoms with Crippen molar-refractivity contribution < 1.29 is 17.6 Å². The molecule has 0 bridgehead atoms. The van der Waals surface area contributed by atoms with Gasteiger partial charge < -0.3 is 9.80 Å². The second-order valence-electron chi connectivity index (χ2n) is 8.68. The lowest BCUT2D eigenvalue weighted by Gasteiger charge is -2.35. The van der Waals surface area contributed by atoms with Gasteiger partial charge in [0.25, 0.3) is 5.91 Å². The smallest absolute Gasteiger partial charge is 0.253 e. The molecule has 182 valence electrons. The largest absolute Gasteiger partial charge is 0.353 e. The van der Waals surface area contributed by atoms with E-state index in [2.05, 4.69) is 14.9 Å². The van der Waals surface area contributed by atoms with E-state index < -0.39 is 10.0 Å². The molecule has 3 aromatic rings. The van der Waals surface area contributed by atoms with Crippen molar-refractivity contribution in [1.82, 2.24) is 19.2 Å². The summed E-state index contributed by atoms with van der Waals surface area (Å²) in [5.41, 5.74) is 1.98. The molecule has 5 rings (SSSR count). The van der Waals surface area contributed by atoms with Crippen LogP contribution in [0.2, 0.25) is 0 Å². The Morgan fingerprint density at radius 3 is 2.14 bits per heavy atom. The zero-order chi connectivity index (χ0) is 24.4. The van der Waals surface area contributed by atoms with Crippen molar-refractivity contribution in [3.63, 3.8) is 0 Å². The molecule has 0 atom stereocenters. The summed E-state index contributed by atoms with van der Waals surface area (Å²) in [6.45, 7) is 3.33. The standard InChI is InChI=1S/C25H26FN5O3S/c26-21-7-3-19(4-8-21)23-17-24(28-18-27-23)29-13-15-30(16-14-29)25(32)20-5-9-22(10-6-20)35(33,34)31-11-1-2-12-31/h3-10,17-18H,1-2,11-16H2. The third-order valence-corrected chi connectivity index (χ3v) is 8.40. The number of aromatic nitrogens is 2. The van der Waals surface area contributed by atoms with E-state index in [0.29, 0.717) is 50.5 Å². The van der Waals surface area contributed by atoms with Crippen LogP contribution in [0.1, 0.15) is 23.2 Å². The minimum absolute atomic E-state index is 0.121. The second kappa shape index (κ2) is 9.71. The highest BCUT2D eigenvalue weighted by atomic mass is 32.2. The summed E-state index contributed by atoms with van der Waals surface area (Å²) in [4.78, 5) is 25.8. The third-order valence-electron chi connectivity index (χ3n) is 6.49. The van der Waals surface area contributed by atoms with E-state index in [1.807, 2.05) is 6.07 Å². The van der Waals surface area contributed by atoms with E-state index in [1.165, 1.54) is 34.9 Å². The van der Waals surface area contributed by atoms with Crippen LogP contribution in [0.25, 0.3) is 11.3 Å². The number of nitrogens with zero attached hydrogens (tertiary/aromatic N) is 5. The van der Waals surface area contributed by atoms with Gasteiger partial charge in [0.05, 0.1) is 10.6 Å². The Morgan fingerprint density at radius 2 is 1.49 bits per heavy atom. The topological polar surface area (TPSA) is 86.7 Å². The first-order chi connectivity index (χ1) is 16.9. The van der Waals surface area contributed by atoms with Crippen LogP contribution in [0.3, 0.4) is 0 Å². The average molecular weight is 496 g/mol. The van der Waals surface area contributed by atoms with E-state index >= 15 is 0 Å². The quantitative estimate of drug-likeness (QED) is 0.541. The highest BCUT2D eigenvalue weighted by Gasteiger charge is 2.28. The molecule has 2 saturated heterocycles. The van der Waals surface area contributed by atoms with Crippen LogP contribution < -0.4 is 4.90 Å². The fourth-order valence-corrected chi connectivity index (χ4v) is 5.98. The lowest BCUT2D eigenvalue weighted by Crippen LogP contribution is -2.49. The normalized spacial score (nSPS) is 17.1. The molecule has 0 aliphatic carbocycles. The summed E-state index contributed by atoms with van der Waals surface area (Å²) >= 11 is 0. The fourth-order valence-electron chi connectivity index (χ4n) is 4.47. The molecule has 0 saturated carbocycles. The molecule has 8 nitrogen and oxygen atoms in total. The number of hydrogen-bond donors (Lipinski definition) is 0. The molecule has 2 aliphatic heterocycles. The number of sulfonamides is 1. The highest BCUT2D eigenvalue weighted by molar-refractivity contribution is 7.89. The highest BCUT2D eigenvalue weighted by Crippen LogP contribution is 2.24. The maximum absolute atomic E-state index is 13.2. The van der Waals surface area contributed by atoms with Crippen molar-refractivity contribution in [1.29, 1.82) is 0 Å². The molecule has 0 radical (unpaired) electrons. The van der Waals surface area contributed by atoms with Crippen LogP contribution >= 0.6 is 0 Å². The second-order valence-corrected chi connectivity index (χ2v) is 10.6. The molecule has 35 heavy (non-hydrogen) atoms. The number of halogens is 1. The summed E-state index contributed by atoms with van der Waals surface area (Å²) in [6.07, 6.45) is 3.25. The summed E-state index contributed by atoms with van der Waals surface area (Å²) < 4.78 is 40.2. The summed E-state index contributed by atoms with van der Waals surface area (Å²) in [5.74, 6) is 0.332. The van der Waals surface area contributed by atoms with Gasteiger partial charge >= 0.3 is 0 Å². The van der Waals surface area contributed by atoms with Gasteiger partial charge in [-0.15, -0.1) is 0 Å². The van der Waals surface area contributed by atoms with Gasteiger partial charge in [0, 0.05) is 56.5 Å². The molecule has 2 fully saturated rings. The Bertz CT molecular complexity index is 1300.